The molecule has 26 heavy (non-hydrogen) atoms. The minimum atomic E-state index is -3.87. The van der Waals surface area contributed by atoms with Crippen molar-refractivity contribution in [2.24, 2.45) is 11.8 Å². The molecule has 1 aromatic carbocycles. The minimum Gasteiger partial charge on any atom is -0.486 e. The Balaban J connectivity index is 1.71. The molecule has 144 valence electrons. The third kappa shape index (κ3) is 4.28. The molecule has 2 aliphatic heterocycles. The summed E-state index contributed by atoms with van der Waals surface area (Å²) in [5.41, 5.74) is 0. The van der Waals surface area contributed by atoms with E-state index in [-0.39, 0.29) is 16.7 Å². The third-order valence-corrected chi connectivity index (χ3v) is 5.92. The zero-order valence-corrected chi connectivity index (χ0v) is 15.8. The second kappa shape index (κ2) is 7.81. The van der Waals surface area contributed by atoms with Gasteiger partial charge in [0.05, 0.1) is 4.90 Å². The quantitative estimate of drug-likeness (QED) is 0.617. The number of carbonyl (C=O) groups is 1. The van der Waals surface area contributed by atoms with Crippen molar-refractivity contribution in [3.63, 3.8) is 0 Å². The van der Waals surface area contributed by atoms with E-state index in [4.69, 9.17) is 9.47 Å². The van der Waals surface area contributed by atoms with Gasteiger partial charge in [0.1, 0.15) is 19.3 Å². The number of hydrogen-bond donors (Lipinski definition) is 3. The number of amides is 1. The minimum absolute atomic E-state index is 0.0448. The van der Waals surface area contributed by atoms with Crippen LogP contribution in [0.3, 0.4) is 0 Å². The first-order chi connectivity index (χ1) is 12.4. The van der Waals surface area contributed by atoms with Gasteiger partial charge in [-0.25, -0.2) is 8.42 Å². The number of rotatable bonds is 7. The van der Waals surface area contributed by atoms with E-state index in [1.807, 2.05) is 13.8 Å². The van der Waals surface area contributed by atoms with Gasteiger partial charge in [-0.15, -0.1) is 0 Å². The Morgan fingerprint density at radius 2 is 1.92 bits per heavy atom. The lowest BCUT2D eigenvalue weighted by atomic mass is 10.0. The summed E-state index contributed by atoms with van der Waals surface area (Å²) in [6.45, 7) is 6.70. The van der Waals surface area contributed by atoms with Gasteiger partial charge in [-0.1, -0.05) is 13.8 Å². The summed E-state index contributed by atoms with van der Waals surface area (Å²) in [6.07, 6.45) is 0. The lowest BCUT2D eigenvalue weighted by molar-refractivity contribution is -0.123. The van der Waals surface area contributed by atoms with Crippen LogP contribution in [0.15, 0.2) is 23.1 Å². The summed E-state index contributed by atoms with van der Waals surface area (Å²) < 4.78 is 38.9. The van der Waals surface area contributed by atoms with Gasteiger partial charge in [0, 0.05) is 31.6 Å². The van der Waals surface area contributed by atoms with Crippen LogP contribution in [-0.2, 0) is 14.8 Å². The molecule has 0 saturated carbocycles. The van der Waals surface area contributed by atoms with Gasteiger partial charge in [-0.05, 0) is 18.1 Å². The van der Waals surface area contributed by atoms with Crippen molar-refractivity contribution in [2.75, 3.05) is 32.8 Å². The third-order valence-electron chi connectivity index (χ3n) is 4.49. The smallest absolute Gasteiger partial charge is 0.241 e. The number of benzene rings is 1. The van der Waals surface area contributed by atoms with Crippen LogP contribution in [-0.4, -0.2) is 53.2 Å². The molecule has 0 bridgehead atoms. The molecule has 0 aliphatic carbocycles. The summed E-state index contributed by atoms with van der Waals surface area (Å²) in [4.78, 5) is 12.5. The molecule has 1 fully saturated rings. The maximum atomic E-state index is 12.7. The zero-order chi connectivity index (χ0) is 18.7. The second-order valence-electron chi connectivity index (χ2n) is 6.92. The fourth-order valence-corrected chi connectivity index (χ4v) is 4.13. The van der Waals surface area contributed by atoms with Crippen LogP contribution in [0.25, 0.3) is 0 Å². The maximum absolute atomic E-state index is 12.7. The Kier molecular flexibility index (Phi) is 5.69. The number of nitrogens with one attached hydrogen (secondary N) is 3. The lowest BCUT2D eigenvalue weighted by Crippen LogP contribution is -2.53. The molecule has 1 unspecified atom stereocenters. The molecule has 8 nitrogen and oxygen atoms in total. The van der Waals surface area contributed by atoms with Crippen molar-refractivity contribution in [1.29, 1.82) is 0 Å². The van der Waals surface area contributed by atoms with E-state index in [0.29, 0.717) is 37.2 Å². The van der Waals surface area contributed by atoms with Gasteiger partial charge in [0.25, 0.3) is 0 Å². The van der Waals surface area contributed by atoms with E-state index in [1.54, 1.807) is 6.07 Å². The fraction of sp³-hybridized carbons (Fsp3) is 0.588. The summed E-state index contributed by atoms with van der Waals surface area (Å²) in [6, 6.07) is 3.59. The van der Waals surface area contributed by atoms with E-state index in [1.165, 1.54) is 12.1 Å². The molecule has 9 heteroatoms. The summed E-state index contributed by atoms with van der Waals surface area (Å²) in [5, 5.41) is 5.98. The van der Waals surface area contributed by atoms with Gasteiger partial charge in [-0.2, -0.15) is 4.72 Å². The number of carbonyl (C=O) groups excluding carboxylic acids is 1. The van der Waals surface area contributed by atoms with E-state index in [2.05, 4.69) is 15.4 Å². The molecule has 1 saturated heterocycles. The SMILES string of the molecule is CC(C)C(NS(=O)(=O)c1ccc2c(c1)OCCO2)C(=O)NCC1CNC1. The number of ether oxygens (including phenoxy) is 2. The van der Waals surface area contributed by atoms with Crippen LogP contribution in [0.5, 0.6) is 11.5 Å². The normalized spacial score (nSPS) is 18.3. The molecule has 2 aliphatic rings. The van der Waals surface area contributed by atoms with Crippen LogP contribution in [0.4, 0.5) is 0 Å². The highest BCUT2D eigenvalue weighted by Crippen LogP contribution is 2.32. The van der Waals surface area contributed by atoms with Gasteiger partial charge in [0.15, 0.2) is 11.5 Å². The van der Waals surface area contributed by atoms with Gasteiger partial charge in [0.2, 0.25) is 15.9 Å². The molecule has 1 amide bonds. The molecule has 3 N–H and O–H groups in total. The Labute approximate surface area is 153 Å². The Hall–Kier alpha value is -1.84. The van der Waals surface area contributed by atoms with E-state index in [9.17, 15) is 13.2 Å². The van der Waals surface area contributed by atoms with E-state index < -0.39 is 16.1 Å². The van der Waals surface area contributed by atoms with Crippen LogP contribution in [0, 0.1) is 11.8 Å². The molecule has 1 atom stereocenters. The van der Waals surface area contributed by atoms with Crippen LogP contribution in [0.1, 0.15) is 13.8 Å². The predicted octanol–water partition coefficient (Wildman–Crippen LogP) is 0.0963. The molecule has 0 aromatic heterocycles. The van der Waals surface area contributed by atoms with Crippen LogP contribution in [0.2, 0.25) is 0 Å². The lowest BCUT2D eigenvalue weighted by Gasteiger charge is -2.29. The highest BCUT2D eigenvalue weighted by atomic mass is 32.2. The van der Waals surface area contributed by atoms with Crippen molar-refractivity contribution >= 4 is 15.9 Å². The topological polar surface area (TPSA) is 106 Å². The fourth-order valence-electron chi connectivity index (χ4n) is 2.77. The predicted molar refractivity (Wildman–Crippen MR) is 95.7 cm³/mol. The highest BCUT2D eigenvalue weighted by molar-refractivity contribution is 7.89. The van der Waals surface area contributed by atoms with Crippen LogP contribution >= 0.6 is 0 Å². The monoisotopic (exact) mass is 383 g/mol. The number of sulfonamides is 1. The standard InChI is InChI=1S/C17H25N3O5S/c1-11(2)16(17(21)19-10-12-8-18-9-12)20-26(22,23)13-3-4-14-15(7-13)25-6-5-24-14/h3-4,7,11-12,16,18,20H,5-6,8-10H2,1-2H3,(H,19,21). The van der Waals surface area contributed by atoms with Crippen LogP contribution < -0.4 is 24.8 Å². The summed E-state index contributed by atoms with van der Waals surface area (Å²) in [7, 11) is -3.87. The highest BCUT2D eigenvalue weighted by Gasteiger charge is 2.30. The molecule has 2 heterocycles. The average molecular weight is 383 g/mol. The van der Waals surface area contributed by atoms with E-state index >= 15 is 0 Å². The van der Waals surface area contributed by atoms with Crippen molar-refractivity contribution in [1.82, 2.24) is 15.4 Å². The van der Waals surface area contributed by atoms with Gasteiger partial charge >= 0.3 is 0 Å². The molecular weight excluding hydrogens is 358 g/mol. The largest absolute Gasteiger partial charge is 0.486 e. The van der Waals surface area contributed by atoms with Crippen molar-refractivity contribution in [3.8, 4) is 11.5 Å². The first-order valence-electron chi connectivity index (χ1n) is 8.77. The first kappa shape index (κ1) is 18.9. The molecule has 1 aromatic rings. The second-order valence-corrected chi connectivity index (χ2v) is 8.63. The molecule has 0 spiro atoms. The average Bonchev–Trinajstić information content (AvgIpc) is 2.57. The van der Waals surface area contributed by atoms with E-state index in [0.717, 1.165) is 13.1 Å². The Morgan fingerprint density at radius 1 is 1.23 bits per heavy atom. The Morgan fingerprint density at radius 3 is 2.54 bits per heavy atom. The summed E-state index contributed by atoms with van der Waals surface area (Å²) in [5.74, 6) is 0.806. The van der Waals surface area contributed by atoms with Gasteiger partial charge in [-0.3, -0.25) is 4.79 Å². The maximum Gasteiger partial charge on any atom is 0.241 e. The summed E-state index contributed by atoms with van der Waals surface area (Å²) >= 11 is 0. The number of fused-ring (bicyclic) bond motifs is 1. The molecule has 3 rings (SSSR count). The Bertz CT molecular complexity index is 762. The zero-order valence-electron chi connectivity index (χ0n) is 14.9. The molecular formula is C17H25N3O5S. The van der Waals surface area contributed by atoms with Crippen molar-refractivity contribution < 1.29 is 22.7 Å². The van der Waals surface area contributed by atoms with Crippen molar-refractivity contribution in [2.45, 2.75) is 24.8 Å². The molecule has 0 radical (unpaired) electrons. The number of hydrogen-bond acceptors (Lipinski definition) is 6. The van der Waals surface area contributed by atoms with Crippen molar-refractivity contribution in [3.05, 3.63) is 18.2 Å². The van der Waals surface area contributed by atoms with Gasteiger partial charge < -0.3 is 20.1 Å². The first-order valence-corrected chi connectivity index (χ1v) is 10.3.